The van der Waals surface area contributed by atoms with E-state index in [-0.39, 0.29) is 11.3 Å². The Hall–Kier alpha value is -3.45. The van der Waals surface area contributed by atoms with Crippen LogP contribution in [0.25, 0.3) is 5.76 Å². The zero-order valence-electron chi connectivity index (χ0n) is 17.4. The molecule has 1 aliphatic rings. The highest BCUT2D eigenvalue weighted by Gasteiger charge is 2.47. The zero-order valence-corrected chi connectivity index (χ0v) is 18.2. The number of anilines is 1. The number of thiazole rings is 1. The van der Waals surface area contributed by atoms with Crippen molar-refractivity contribution in [3.05, 3.63) is 82.4 Å². The van der Waals surface area contributed by atoms with Crippen LogP contribution < -0.4 is 9.64 Å². The van der Waals surface area contributed by atoms with Crippen LogP contribution in [0.5, 0.6) is 5.75 Å². The molecular weight excluding hydrogens is 412 g/mol. The highest BCUT2D eigenvalue weighted by atomic mass is 32.1. The quantitative estimate of drug-likeness (QED) is 0.351. The topological polar surface area (TPSA) is 79.7 Å². The van der Waals surface area contributed by atoms with Crippen molar-refractivity contribution in [2.24, 2.45) is 0 Å². The third-order valence-electron chi connectivity index (χ3n) is 5.33. The van der Waals surface area contributed by atoms with Gasteiger partial charge in [0.2, 0.25) is 0 Å². The summed E-state index contributed by atoms with van der Waals surface area (Å²) in [5.74, 6) is -0.813. The molecule has 31 heavy (non-hydrogen) atoms. The molecule has 1 fully saturated rings. The molecule has 0 aliphatic carbocycles. The van der Waals surface area contributed by atoms with Crippen molar-refractivity contribution >= 4 is 33.9 Å². The Bertz CT molecular complexity index is 1150. The number of ether oxygens (including phenoxy) is 1. The Balaban J connectivity index is 1.91. The maximum absolute atomic E-state index is 13.1. The molecule has 7 heteroatoms. The van der Waals surface area contributed by atoms with Gasteiger partial charge in [-0.3, -0.25) is 14.5 Å². The van der Waals surface area contributed by atoms with Crippen molar-refractivity contribution in [3.63, 3.8) is 0 Å². The van der Waals surface area contributed by atoms with Crippen molar-refractivity contribution < 1.29 is 19.4 Å². The Morgan fingerprint density at radius 1 is 1.16 bits per heavy atom. The number of Topliss-reactive ketones (excluding diaryl/α,β-unsaturated/α-hetero) is 1. The van der Waals surface area contributed by atoms with Gasteiger partial charge in [-0.1, -0.05) is 50.2 Å². The van der Waals surface area contributed by atoms with Crippen LogP contribution >= 0.6 is 11.3 Å². The van der Waals surface area contributed by atoms with Crippen LogP contribution in [0.1, 0.15) is 42.5 Å². The number of benzene rings is 2. The molecule has 0 saturated carbocycles. The highest BCUT2D eigenvalue weighted by molar-refractivity contribution is 7.14. The molecule has 3 aromatic rings. The number of methoxy groups -OCH3 is 1. The Morgan fingerprint density at radius 2 is 1.90 bits per heavy atom. The Labute approximate surface area is 184 Å². The first kappa shape index (κ1) is 20.8. The highest BCUT2D eigenvalue weighted by Crippen LogP contribution is 2.43. The second-order valence-electron chi connectivity index (χ2n) is 7.54. The van der Waals surface area contributed by atoms with Gasteiger partial charge in [-0.05, 0) is 29.2 Å². The average Bonchev–Trinajstić information content (AvgIpc) is 3.40. The number of aliphatic hydroxyl groups is 1. The average molecular weight is 435 g/mol. The summed E-state index contributed by atoms with van der Waals surface area (Å²) in [6, 6.07) is 13.7. The second-order valence-corrected chi connectivity index (χ2v) is 8.41. The van der Waals surface area contributed by atoms with Crippen LogP contribution in [0.4, 0.5) is 5.13 Å². The Kier molecular flexibility index (Phi) is 5.61. The fourth-order valence-corrected chi connectivity index (χ4v) is 4.34. The van der Waals surface area contributed by atoms with Gasteiger partial charge in [-0.15, -0.1) is 11.3 Å². The molecule has 1 aliphatic heterocycles. The first-order valence-corrected chi connectivity index (χ1v) is 10.7. The van der Waals surface area contributed by atoms with E-state index >= 15 is 0 Å². The number of carbonyl (C=O) groups is 2. The SMILES string of the molecule is COc1cccc(C(O)=C2C(=O)C(=O)N(c3nccs3)C2c2ccc(C(C)C)cc2)c1. The third kappa shape index (κ3) is 3.72. The molecule has 6 nitrogen and oxygen atoms in total. The van der Waals surface area contributed by atoms with E-state index in [0.29, 0.717) is 22.4 Å². The molecule has 4 rings (SSSR count). The first-order valence-electron chi connectivity index (χ1n) is 9.87. The molecular formula is C24H22N2O4S. The summed E-state index contributed by atoms with van der Waals surface area (Å²) in [6.07, 6.45) is 1.58. The summed E-state index contributed by atoms with van der Waals surface area (Å²) in [7, 11) is 1.52. The third-order valence-corrected chi connectivity index (χ3v) is 6.10. The lowest BCUT2D eigenvalue weighted by molar-refractivity contribution is -0.132. The van der Waals surface area contributed by atoms with Crippen molar-refractivity contribution in [1.29, 1.82) is 0 Å². The van der Waals surface area contributed by atoms with E-state index in [4.69, 9.17) is 4.74 Å². The molecule has 158 valence electrons. The van der Waals surface area contributed by atoms with Crippen molar-refractivity contribution in [3.8, 4) is 5.75 Å². The predicted molar refractivity (Wildman–Crippen MR) is 120 cm³/mol. The molecule has 1 N–H and O–H groups in total. The van der Waals surface area contributed by atoms with Crippen LogP contribution in [0.3, 0.4) is 0 Å². The molecule has 1 unspecified atom stereocenters. The fourth-order valence-electron chi connectivity index (χ4n) is 3.67. The van der Waals surface area contributed by atoms with E-state index in [0.717, 1.165) is 11.1 Å². The zero-order chi connectivity index (χ0) is 22.1. The molecule has 0 radical (unpaired) electrons. The minimum absolute atomic E-state index is 0.0331. The van der Waals surface area contributed by atoms with Gasteiger partial charge < -0.3 is 9.84 Å². The summed E-state index contributed by atoms with van der Waals surface area (Å²) in [4.78, 5) is 31.7. The summed E-state index contributed by atoms with van der Waals surface area (Å²) < 4.78 is 5.24. The summed E-state index contributed by atoms with van der Waals surface area (Å²) in [6.45, 7) is 4.19. The summed E-state index contributed by atoms with van der Waals surface area (Å²) in [5.41, 5.74) is 2.30. The van der Waals surface area contributed by atoms with E-state index in [1.807, 2.05) is 24.3 Å². The number of ketones is 1. The van der Waals surface area contributed by atoms with E-state index in [1.54, 1.807) is 35.8 Å². The number of aromatic nitrogens is 1. The van der Waals surface area contributed by atoms with Gasteiger partial charge in [0, 0.05) is 17.1 Å². The standard InChI is InChI=1S/C24H22N2O4S/c1-14(2)15-7-9-16(10-8-15)20-19(21(27)17-5-4-6-18(13-17)30-3)22(28)23(29)26(20)24-25-11-12-31-24/h4-14,20,27H,1-3H3. The second kappa shape index (κ2) is 8.35. The number of rotatable bonds is 5. The monoisotopic (exact) mass is 434 g/mol. The maximum Gasteiger partial charge on any atom is 0.301 e. The number of aliphatic hydroxyl groups excluding tert-OH is 1. The van der Waals surface area contributed by atoms with Crippen LogP contribution in [0, 0.1) is 0 Å². The first-order chi connectivity index (χ1) is 14.9. The minimum Gasteiger partial charge on any atom is -0.507 e. The number of carbonyl (C=O) groups excluding carboxylic acids is 2. The largest absolute Gasteiger partial charge is 0.507 e. The summed E-state index contributed by atoms with van der Waals surface area (Å²) in [5, 5.41) is 13.3. The van der Waals surface area contributed by atoms with Crippen LogP contribution in [0.15, 0.2) is 65.7 Å². The predicted octanol–water partition coefficient (Wildman–Crippen LogP) is 4.90. The lowest BCUT2D eigenvalue weighted by atomic mass is 9.93. The molecule has 1 aromatic heterocycles. The van der Waals surface area contributed by atoms with E-state index in [1.165, 1.54) is 23.3 Å². The molecule has 0 spiro atoms. The van der Waals surface area contributed by atoms with Gasteiger partial charge >= 0.3 is 5.91 Å². The van der Waals surface area contributed by atoms with Crippen LogP contribution in [-0.4, -0.2) is 28.9 Å². The van der Waals surface area contributed by atoms with E-state index in [2.05, 4.69) is 18.8 Å². The molecule has 2 heterocycles. The number of nitrogens with zero attached hydrogens (tertiary/aromatic N) is 2. The van der Waals surface area contributed by atoms with Gasteiger partial charge in [-0.2, -0.15) is 0 Å². The normalized spacial score (nSPS) is 18.1. The maximum atomic E-state index is 13.1. The van der Waals surface area contributed by atoms with Gasteiger partial charge in [0.1, 0.15) is 11.5 Å². The number of hydrogen-bond acceptors (Lipinski definition) is 6. The summed E-state index contributed by atoms with van der Waals surface area (Å²) >= 11 is 1.27. The molecule has 1 amide bonds. The molecule has 2 aromatic carbocycles. The minimum atomic E-state index is -0.779. The van der Waals surface area contributed by atoms with Gasteiger partial charge in [0.05, 0.1) is 18.7 Å². The van der Waals surface area contributed by atoms with Crippen molar-refractivity contribution in [2.75, 3.05) is 12.0 Å². The van der Waals surface area contributed by atoms with E-state index < -0.39 is 17.7 Å². The molecule has 1 atom stereocenters. The lowest BCUT2D eigenvalue weighted by Crippen LogP contribution is -2.29. The number of hydrogen-bond donors (Lipinski definition) is 1. The van der Waals surface area contributed by atoms with Gasteiger partial charge in [-0.25, -0.2) is 4.98 Å². The van der Waals surface area contributed by atoms with Gasteiger partial charge in [0.25, 0.3) is 5.78 Å². The molecule has 0 bridgehead atoms. The fraction of sp³-hybridized carbons (Fsp3) is 0.208. The Morgan fingerprint density at radius 3 is 2.52 bits per heavy atom. The van der Waals surface area contributed by atoms with Crippen LogP contribution in [0.2, 0.25) is 0 Å². The van der Waals surface area contributed by atoms with Crippen molar-refractivity contribution in [1.82, 2.24) is 4.98 Å². The lowest BCUT2D eigenvalue weighted by Gasteiger charge is -2.23. The number of amides is 1. The van der Waals surface area contributed by atoms with Gasteiger partial charge in [0.15, 0.2) is 5.13 Å². The molecule has 1 saturated heterocycles. The van der Waals surface area contributed by atoms with Crippen molar-refractivity contribution in [2.45, 2.75) is 25.8 Å². The van der Waals surface area contributed by atoms with Crippen LogP contribution in [-0.2, 0) is 9.59 Å². The van der Waals surface area contributed by atoms with E-state index in [9.17, 15) is 14.7 Å². The smallest absolute Gasteiger partial charge is 0.301 e.